The van der Waals surface area contributed by atoms with Crippen LogP contribution in [0.4, 0.5) is 5.82 Å². The normalized spacial score (nSPS) is 21.2. The zero-order chi connectivity index (χ0) is 14.0. The minimum atomic E-state index is -1.34. The van der Waals surface area contributed by atoms with E-state index in [1.807, 2.05) is 0 Å². The summed E-state index contributed by atoms with van der Waals surface area (Å²) in [5.74, 6) is -0.361. The largest absolute Gasteiger partial charge is 0.465 e. The number of hydrogen-bond acceptors (Lipinski definition) is 4. The number of allylic oxidation sites excluding steroid dienone is 1. The SMILES string of the molecule is C=CCC1(C(=O)OCC)C(=O)N(C)c2ncccc21. The summed E-state index contributed by atoms with van der Waals surface area (Å²) in [6, 6.07) is 3.45. The van der Waals surface area contributed by atoms with Crippen LogP contribution in [0, 0.1) is 0 Å². The molecule has 0 spiro atoms. The first kappa shape index (κ1) is 13.3. The van der Waals surface area contributed by atoms with Crippen molar-refractivity contribution in [2.45, 2.75) is 18.8 Å². The summed E-state index contributed by atoms with van der Waals surface area (Å²) in [4.78, 5) is 30.4. The number of hydrogen-bond donors (Lipinski definition) is 0. The zero-order valence-electron chi connectivity index (χ0n) is 11.0. The van der Waals surface area contributed by atoms with Gasteiger partial charge < -0.3 is 4.74 Å². The van der Waals surface area contributed by atoms with Gasteiger partial charge in [0.25, 0.3) is 0 Å². The molecule has 1 atom stereocenters. The first-order valence-electron chi connectivity index (χ1n) is 6.11. The number of carbonyl (C=O) groups is 2. The molecule has 1 amide bonds. The molecule has 100 valence electrons. The molecular weight excluding hydrogens is 244 g/mol. The molecule has 0 bridgehead atoms. The number of ether oxygens (including phenoxy) is 1. The second-order valence-corrected chi connectivity index (χ2v) is 4.36. The minimum Gasteiger partial charge on any atom is -0.465 e. The van der Waals surface area contributed by atoms with E-state index in [1.165, 1.54) is 4.90 Å². The molecule has 2 rings (SSSR count). The Morgan fingerprint density at radius 3 is 3.00 bits per heavy atom. The van der Waals surface area contributed by atoms with Crippen molar-refractivity contribution in [1.29, 1.82) is 0 Å². The van der Waals surface area contributed by atoms with Crippen LogP contribution < -0.4 is 4.90 Å². The second kappa shape index (κ2) is 4.84. The molecule has 0 aromatic carbocycles. The lowest BCUT2D eigenvalue weighted by Gasteiger charge is -2.24. The Hall–Kier alpha value is -2.17. The highest BCUT2D eigenvalue weighted by atomic mass is 16.5. The number of pyridine rings is 1. The highest BCUT2D eigenvalue weighted by Gasteiger charge is 2.56. The third-order valence-electron chi connectivity index (χ3n) is 3.31. The Morgan fingerprint density at radius 2 is 2.37 bits per heavy atom. The molecule has 19 heavy (non-hydrogen) atoms. The van der Waals surface area contributed by atoms with Crippen LogP contribution in [0.2, 0.25) is 0 Å². The molecule has 0 saturated heterocycles. The number of anilines is 1. The Kier molecular flexibility index (Phi) is 3.38. The topological polar surface area (TPSA) is 59.5 Å². The lowest BCUT2D eigenvalue weighted by molar-refractivity contribution is -0.153. The number of amides is 1. The van der Waals surface area contributed by atoms with Gasteiger partial charge >= 0.3 is 5.97 Å². The molecule has 0 radical (unpaired) electrons. The van der Waals surface area contributed by atoms with E-state index in [1.54, 1.807) is 38.4 Å². The maximum atomic E-state index is 12.5. The summed E-state index contributed by atoms with van der Waals surface area (Å²) in [6.45, 7) is 5.59. The van der Waals surface area contributed by atoms with E-state index < -0.39 is 11.4 Å². The van der Waals surface area contributed by atoms with E-state index in [2.05, 4.69) is 11.6 Å². The quantitative estimate of drug-likeness (QED) is 0.467. The van der Waals surface area contributed by atoms with Crippen molar-refractivity contribution < 1.29 is 14.3 Å². The maximum Gasteiger partial charge on any atom is 0.326 e. The molecule has 1 aliphatic rings. The molecule has 0 aliphatic carbocycles. The lowest BCUT2D eigenvalue weighted by Crippen LogP contribution is -2.46. The fraction of sp³-hybridized carbons (Fsp3) is 0.357. The van der Waals surface area contributed by atoms with Gasteiger partial charge in [-0.05, 0) is 19.4 Å². The molecule has 1 aromatic heterocycles. The van der Waals surface area contributed by atoms with Gasteiger partial charge in [-0.3, -0.25) is 14.5 Å². The predicted octanol–water partition coefficient (Wildman–Crippen LogP) is 1.43. The Morgan fingerprint density at radius 1 is 1.63 bits per heavy atom. The first-order chi connectivity index (χ1) is 9.09. The van der Waals surface area contributed by atoms with Crippen LogP contribution in [-0.2, 0) is 19.7 Å². The molecule has 1 unspecified atom stereocenters. The average Bonchev–Trinajstić information content (AvgIpc) is 2.63. The van der Waals surface area contributed by atoms with Gasteiger partial charge in [0, 0.05) is 18.8 Å². The first-order valence-corrected chi connectivity index (χ1v) is 6.11. The number of rotatable bonds is 4. The van der Waals surface area contributed by atoms with Crippen LogP contribution >= 0.6 is 0 Å². The van der Waals surface area contributed by atoms with Crippen molar-refractivity contribution in [2.75, 3.05) is 18.6 Å². The van der Waals surface area contributed by atoms with Gasteiger partial charge in [-0.2, -0.15) is 0 Å². The fourth-order valence-electron chi connectivity index (χ4n) is 2.44. The van der Waals surface area contributed by atoms with Crippen molar-refractivity contribution >= 4 is 17.7 Å². The number of fused-ring (bicyclic) bond motifs is 1. The van der Waals surface area contributed by atoms with Crippen LogP contribution in [0.5, 0.6) is 0 Å². The molecule has 0 N–H and O–H groups in total. The van der Waals surface area contributed by atoms with E-state index in [9.17, 15) is 9.59 Å². The van der Waals surface area contributed by atoms with Gasteiger partial charge in [0.15, 0.2) is 5.41 Å². The molecule has 5 heteroatoms. The summed E-state index contributed by atoms with van der Waals surface area (Å²) in [5.41, 5.74) is -0.753. The summed E-state index contributed by atoms with van der Waals surface area (Å²) < 4.78 is 5.10. The van der Waals surface area contributed by atoms with Crippen molar-refractivity contribution in [3.8, 4) is 0 Å². The van der Waals surface area contributed by atoms with Crippen LogP contribution in [-0.4, -0.2) is 30.5 Å². The van der Waals surface area contributed by atoms with E-state index in [4.69, 9.17) is 4.74 Å². The smallest absolute Gasteiger partial charge is 0.326 e. The van der Waals surface area contributed by atoms with E-state index in [-0.39, 0.29) is 18.9 Å². The summed E-state index contributed by atoms with van der Waals surface area (Å²) in [7, 11) is 1.61. The number of nitrogens with zero attached hydrogens (tertiary/aromatic N) is 2. The second-order valence-electron chi connectivity index (χ2n) is 4.36. The van der Waals surface area contributed by atoms with Crippen molar-refractivity contribution in [3.05, 3.63) is 36.5 Å². The van der Waals surface area contributed by atoms with Crippen LogP contribution in [0.15, 0.2) is 31.0 Å². The van der Waals surface area contributed by atoms with E-state index in [0.29, 0.717) is 11.4 Å². The molecule has 0 saturated carbocycles. The Balaban J connectivity index is 2.63. The van der Waals surface area contributed by atoms with Crippen molar-refractivity contribution in [1.82, 2.24) is 4.98 Å². The van der Waals surface area contributed by atoms with E-state index >= 15 is 0 Å². The Bertz CT molecular complexity index is 541. The van der Waals surface area contributed by atoms with Gasteiger partial charge in [-0.15, -0.1) is 6.58 Å². The third-order valence-corrected chi connectivity index (χ3v) is 3.31. The number of esters is 1. The highest BCUT2D eigenvalue weighted by Crippen LogP contribution is 2.43. The van der Waals surface area contributed by atoms with Gasteiger partial charge in [0.1, 0.15) is 5.82 Å². The van der Waals surface area contributed by atoms with E-state index in [0.717, 1.165) is 0 Å². The monoisotopic (exact) mass is 260 g/mol. The van der Waals surface area contributed by atoms with Gasteiger partial charge in [0.2, 0.25) is 5.91 Å². The third kappa shape index (κ3) is 1.73. The van der Waals surface area contributed by atoms with Crippen LogP contribution in [0.3, 0.4) is 0 Å². The molecule has 1 aromatic rings. The fourth-order valence-corrected chi connectivity index (χ4v) is 2.44. The summed E-state index contributed by atoms with van der Waals surface area (Å²) in [5, 5.41) is 0. The van der Waals surface area contributed by atoms with Crippen LogP contribution in [0.25, 0.3) is 0 Å². The summed E-state index contributed by atoms with van der Waals surface area (Å²) in [6.07, 6.45) is 3.36. The highest BCUT2D eigenvalue weighted by molar-refractivity contribution is 6.19. The molecule has 5 nitrogen and oxygen atoms in total. The maximum absolute atomic E-state index is 12.5. The molecule has 1 aliphatic heterocycles. The van der Waals surface area contributed by atoms with Crippen LogP contribution in [0.1, 0.15) is 18.9 Å². The van der Waals surface area contributed by atoms with Gasteiger partial charge in [-0.25, -0.2) is 4.98 Å². The Labute approximate surface area is 111 Å². The average molecular weight is 260 g/mol. The number of aromatic nitrogens is 1. The zero-order valence-corrected chi connectivity index (χ0v) is 11.0. The number of likely N-dealkylation sites (N-methyl/N-ethyl adjacent to an activating group) is 1. The van der Waals surface area contributed by atoms with Crippen molar-refractivity contribution in [2.24, 2.45) is 0 Å². The summed E-state index contributed by atoms with van der Waals surface area (Å²) >= 11 is 0. The minimum absolute atomic E-state index is 0.202. The molecule has 2 heterocycles. The predicted molar refractivity (Wildman–Crippen MR) is 70.8 cm³/mol. The number of carbonyl (C=O) groups excluding carboxylic acids is 2. The van der Waals surface area contributed by atoms with Crippen molar-refractivity contribution in [3.63, 3.8) is 0 Å². The molecular formula is C14H16N2O3. The lowest BCUT2D eigenvalue weighted by atomic mass is 9.79. The van der Waals surface area contributed by atoms with Gasteiger partial charge in [0.05, 0.1) is 6.61 Å². The standard InChI is InChI=1S/C14H16N2O3/c1-4-8-14(13(18)19-5-2)10-7-6-9-15-11(10)16(3)12(14)17/h4,6-7,9H,1,5,8H2,2-3H3. The molecule has 0 fully saturated rings. The van der Waals surface area contributed by atoms with Gasteiger partial charge in [-0.1, -0.05) is 12.1 Å².